The van der Waals surface area contributed by atoms with Gasteiger partial charge in [-0.15, -0.1) is 12.4 Å². The highest BCUT2D eigenvalue weighted by molar-refractivity contribution is 7.91. The lowest BCUT2D eigenvalue weighted by Gasteiger charge is -2.23. The summed E-state index contributed by atoms with van der Waals surface area (Å²) >= 11 is 5.97. The molecular weight excluding hydrogens is 433 g/mol. The molecule has 2 atom stereocenters. The lowest BCUT2D eigenvalue weighted by atomic mass is 9.99. The Labute approximate surface area is 180 Å². The van der Waals surface area contributed by atoms with Crippen LogP contribution in [0, 0.1) is 0 Å². The number of nitrogens with one attached hydrogen (secondary N) is 1. The Bertz CT molecular complexity index is 1220. The van der Waals surface area contributed by atoms with E-state index >= 15 is 0 Å². The third-order valence-corrected chi connectivity index (χ3v) is 7.85. The Balaban J connectivity index is 0.00000205. The molecule has 2 bridgehead atoms. The van der Waals surface area contributed by atoms with E-state index in [1.165, 1.54) is 29.7 Å². The van der Waals surface area contributed by atoms with E-state index in [2.05, 4.69) is 14.9 Å². The third kappa shape index (κ3) is 3.03. The molecule has 154 valence electrons. The number of hydrogen-bond acceptors (Lipinski definition) is 5. The molecule has 0 amide bonds. The highest BCUT2D eigenvalue weighted by Gasteiger charge is 2.37. The second-order valence-corrected chi connectivity index (χ2v) is 9.87. The van der Waals surface area contributed by atoms with Gasteiger partial charge in [-0.25, -0.2) is 8.42 Å². The van der Waals surface area contributed by atoms with Crippen molar-refractivity contribution in [1.29, 1.82) is 0 Å². The molecular formula is C20H21Cl2N3O3S. The van der Waals surface area contributed by atoms with Gasteiger partial charge in [-0.05, 0) is 30.5 Å². The third-order valence-electron chi connectivity index (χ3n) is 5.94. The number of sulfone groups is 1. The van der Waals surface area contributed by atoms with Gasteiger partial charge < -0.3 is 14.6 Å². The minimum absolute atomic E-state index is 0. The van der Waals surface area contributed by atoms with E-state index in [1.54, 1.807) is 19.2 Å². The highest BCUT2D eigenvalue weighted by atomic mass is 35.5. The van der Waals surface area contributed by atoms with Crippen LogP contribution in [-0.2, 0) is 23.3 Å². The summed E-state index contributed by atoms with van der Waals surface area (Å²) in [6.45, 7) is 0. The largest absolute Gasteiger partial charge is 0.495 e. The molecule has 1 N–H and O–H groups in total. The lowest BCUT2D eigenvalue weighted by molar-refractivity contribution is 0.416. The number of fused-ring (bicyclic) bond motifs is 6. The van der Waals surface area contributed by atoms with Gasteiger partial charge in [0, 0.05) is 55.1 Å². The van der Waals surface area contributed by atoms with Crippen LogP contribution in [0.25, 0.3) is 10.9 Å². The average Bonchev–Trinajstić information content (AvgIpc) is 3.20. The van der Waals surface area contributed by atoms with Crippen molar-refractivity contribution >= 4 is 44.7 Å². The lowest BCUT2D eigenvalue weighted by Crippen LogP contribution is -2.32. The van der Waals surface area contributed by atoms with Crippen molar-refractivity contribution in [2.24, 2.45) is 7.05 Å². The van der Waals surface area contributed by atoms with Gasteiger partial charge in [0.2, 0.25) is 9.84 Å². The molecule has 1 fully saturated rings. The Morgan fingerprint density at radius 3 is 2.72 bits per heavy atom. The van der Waals surface area contributed by atoms with E-state index < -0.39 is 9.84 Å². The molecule has 29 heavy (non-hydrogen) atoms. The monoisotopic (exact) mass is 453 g/mol. The number of halogens is 2. The van der Waals surface area contributed by atoms with Crippen LogP contribution in [0.1, 0.15) is 30.1 Å². The van der Waals surface area contributed by atoms with Gasteiger partial charge in [-0.3, -0.25) is 4.98 Å². The van der Waals surface area contributed by atoms with Crippen LogP contribution >= 0.6 is 24.0 Å². The van der Waals surface area contributed by atoms with Crippen LogP contribution in [-0.4, -0.2) is 31.1 Å². The normalized spacial score (nSPS) is 20.4. The standard InChI is InChI=1S/C20H20ClN3O3S.ClH/c1-24-17-6-12-3-4-16(23-12)19(17)15-7-13(8-18(27-2)20(15)24)28(25,26)14-5-11(21)9-22-10-14;/h5,7-10,12,16,23H,3-4,6H2,1-2H3;1H. The van der Waals surface area contributed by atoms with E-state index in [0.717, 1.165) is 30.2 Å². The maximum atomic E-state index is 13.3. The van der Waals surface area contributed by atoms with E-state index in [4.69, 9.17) is 16.3 Å². The molecule has 9 heteroatoms. The fourth-order valence-corrected chi connectivity index (χ4v) is 6.20. The second-order valence-electron chi connectivity index (χ2n) is 7.48. The van der Waals surface area contributed by atoms with Crippen LogP contribution in [0.2, 0.25) is 5.02 Å². The molecule has 4 heterocycles. The van der Waals surface area contributed by atoms with Crippen molar-refractivity contribution in [3.05, 3.63) is 46.9 Å². The van der Waals surface area contributed by atoms with Gasteiger partial charge in [0.1, 0.15) is 5.75 Å². The maximum Gasteiger partial charge on any atom is 0.208 e. The summed E-state index contributed by atoms with van der Waals surface area (Å²) in [7, 11) is -0.170. The SMILES string of the molecule is COc1cc(S(=O)(=O)c2cncc(Cl)c2)cc2c3c(n(C)c12)CC1CCC3N1.Cl. The molecule has 0 radical (unpaired) electrons. The quantitative estimate of drug-likeness (QED) is 0.651. The van der Waals surface area contributed by atoms with Crippen molar-refractivity contribution in [3.63, 3.8) is 0 Å². The van der Waals surface area contributed by atoms with Crippen LogP contribution in [0.15, 0.2) is 40.4 Å². The molecule has 1 aromatic carbocycles. The van der Waals surface area contributed by atoms with Crippen LogP contribution in [0.3, 0.4) is 0 Å². The summed E-state index contributed by atoms with van der Waals surface area (Å²) in [5, 5.41) is 4.87. The molecule has 5 rings (SSSR count). The van der Waals surface area contributed by atoms with Gasteiger partial charge >= 0.3 is 0 Å². The van der Waals surface area contributed by atoms with Crippen LogP contribution in [0.5, 0.6) is 5.75 Å². The van der Waals surface area contributed by atoms with Gasteiger partial charge in [0.05, 0.1) is 27.4 Å². The van der Waals surface area contributed by atoms with Gasteiger partial charge in [0.25, 0.3) is 0 Å². The molecule has 0 aliphatic carbocycles. The Morgan fingerprint density at radius 1 is 1.21 bits per heavy atom. The van der Waals surface area contributed by atoms with Crippen molar-refractivity contribution in [1.82, 2.24) is 14.9 Å². The number of rotatable bonds is 3. The van der Waals surface area contributed by atoms with Crippen molar-refractivity contribution in [3.8, 4) is 5.75 Å². The van der Waals surface area contributed by atoms with Crippen molar-refractivity contribution < 1.29 is 13.2 Å². The summed E-state index contributed by atoms with van der Waals surface area (Å²) in [4.78, 5) is 4.19. The Hall–Kier alpha value is -1.80. The predicted octanol–water partition coefficient (Wildman–Crippen LogP) is 3.84. The summed E-state index contributed by atoms with van der Waals surface area (Å²) < 4.78 is 34.3. The van der Waals surface area contributed by atoms with Crippen molar-refractivity contribution in [2.75, 3.05) is 7.11 Å². The molecule has 2 aromatic heterocycles. The van der Waals surface area contributed by atoms with Crippen LogP contribution < -0.4 is 10.1 Å². The summed E-state index contributed by atoms with van der Waals surface area (Å²) in [5.41, 5.74) is 3.40. The minimum atomic E-state index is -3.77. The smallest absolute Gasteiger partial charge is 0.208 e. The molecule has 2 unspecified atom stereocenters. The number of hydrogen-bond donors (Lipinski definition) is 1. The molecule has 6 nitrogen and oxygen atoms in total. The van der Waals surface area contributed by atoms with E-state index in [0.29, 0.717) is 11.8 Å². The van der Waals surface area contributed by atoms with E-state index in [1.807, 2.05) is 7.05 Å². The maximum absolute atomic E-state index is 13.3. The van der Waals surface area contributed by atoms with E-state index in [9.17, 15) is 8.42 Å². The molecule has 3 aromatic rings. The number of aryl methyl sites for hydroxylation is 1. The first-order chi connectivity index (χ1) is 13.4. The van der Waals surface area contributed by atoms with Gasteiger partial charge in [0.15, 0.2) is 0 Å². The summed E-state index contributed by atoms with van der Waals surface area (Å²) in [5.74, 6) is 0.554. The molecule has 0 spiro atoms. The average molecular weight is 454 g/mol. The highest BCUT2D eigenvalue weighted by Crippen LogP contribution is 2.45. The first kappa shape index (κ1) is 20.5. The van der Waals surface area contributed by atoms with Gasteiger partial charge in [-0.2, -0.15) is 0 Å². The topological polar surface area (TPSA) is 73.2 Å². The fraction of sp³-hybridized carbons (Fsp3) is 0.350. The van der Waals surface area contributed by atoms with Crippen molar-refractivity contribution in [2.45, 2.75) is 41.1 Å². The summed E-state index contributed by atoms with van der Waals surface area (Å²) in [6, 6.07) is 5.54. The zero-order valence-corrected chi connectivity index (χ0v) is 18.4. The predicted molar refractivity (Wildman–Crippen MR) is 114 cm³/mol. The molecule has 2 aliphatic rings. The molecule has 2 aliphatic heterocycles. The number of ether oxygens (including phenoxy) is 1. The van der Waals surface area contributed by atoms with E-state index in [-0.39, 0.29) is 33.3 Å². The zero-order valence-electron chi connectivity index (χ0n) is 16.0. The number of nitrogens with zero attached hydrogens (tertiary/aromatic N) is 2. The minimum Gasteiger partial charge on any atom is -0.495 e. The first-order valence-electron chi connectivity index (χ1n) is 9.21. The second kappa shape index (κ2) is 7.16. The number of aromatic nitrogens is 2. The Morgan fingerprint density at radius 2 is 2.00 bits per heavy atom. The van der Waals surface area contributed by atoms with Crippen LogP contribution in [0.4, 0.5) is 0 Å². The summed E-state index contributed by atoms with van der Waals surface area (Å²) in [6.07, 6.45) is 5.89. The number of benzene rings is 1. The fourth-order valence-electron chi connectivity index (χ4n) is 4.67. The first-order valence-corrected chi connectivity index (χ1v) is 11.1. The van der Waals surface area contributed by atoms with Gasteiger partial charge in [-0.1, -0.05) is 11.6 Å². The molecule has 1 saturated heterocycles. The number of pyridine rings is 1. The number of methoxy groups -OCH3 is 1. The molecule has 0 saturated carbocycles. The zero-order chi connectivity index (χ0) is 19.6. The Kier molecular flexibility index (Phi) is 5.06.